The number of rotatable bonds is 3. The van der Waals surface area contributed by atoms with Gasteiger partial charge in [0.05, 0.1) is 5.54 Å². The Labute approximate surface area is 109 Å². The molecule has 0 aromatic heterocycles. The fourth-order valence-electron chi connectivity index (χ4n) is 3.25. The molecule has 0 atom stereocenters. The van der Waals surface area contributed by atoms with Gasteiger partial charge in [-0.25, -0.2) is 0 Å². The summed E-state index contributed by atoms with van der Waals surface area (Å²) in [5.74, 6) is 1.10. The Kier molecular flexibility index (Phi) is 4.72. The number of hydrogen-bond donors (Lipinski definition) is 1. The molecule has 98 valence electrons. The minimum Gasteiger partial charge on any atom is -0.349 e. The van der Waals surface area contributed by atoms with E-state index in [9.17, 15) is 4.79 Å². The summed E-state index contributed by atoms with van der Waals surface area (Å²) >= 11 is 6.11. The molecule has 2 saturated carbocycles. The average molecular weight is 258 g/mol. The van der Waals surface area contributed by atoms with Gasteiger partial charge >= 0.3 is 0 Å². The highest BCUT2D eigenvalue weighted by atomic mass is 35.5. The molecule has 1 N–H and O–H groups in total. The number of carbonyl (C=O) groups excluding carboxylic acids is 1. The first-order valence-electron chi connectivity index (χ1n) is 7.14. The van der Waals surface area contributed by atoms with Crippen molar-refractivity contribution >= 4 is 17.5 Å². The first-order chi connectivity index (χ1) is 8.26. The quantitative estimate of drug-likeness (QED) is 0.769. The molecular formula is C14H24ClNO. The Morgan fingerprint density at radius 1 is 1.06 bits per heavy atom. The van der Waals surface area contributed by atoms with Crippen LogP contribution in [0.1, 0.15) is 64.2 Å². The second kappa shape index (κ2) is 6.08. The second-order valence-electron chi connectivity index (χ2n) is 5.80. The zero-order valence-corrected chi connectivity index (χ0v) is 11.4. The Bertz CT molecular complexity index is 255. The van der Waals surface area contributed by atoms with Crippen molar-refractivity contribution < 1.29 is 4.79 Å². The molecule has 2 fully saturated rings. The van der Waals surface area contributed by atoms with Gasteiger partial charge in [0.1, 0.15) is 0 Å². The Hall–Kier alpha value is -0.240. The molecule has 0 unspecified atom stereocenters. The van der Waals surface area contributed by atoms with E-state index in [0.717, 1.165) is 25.7 Å². The van der Waals surface area contributed by atoms with Crippen molar-refractivity contribution in [3.63, 3.8) is 0 Å². The third-order valence-corrected chi connectivity index (χ3v) is 4.94. The summed E-state index contributed by atoms with van der Waals surface area (Å²) in [7, 11) is 0. The summed E-state index contributed by atoms with van der Waals surface area (Å²) in [6.45, 7) is 0. The van der Waals surface area contributed by atoms with Gasteiger partial charge in [-0.15, -0.1) is 11.6 Å². The molecule has 0 aromatic carbocycles. The summed E-state index contributed by atoms with van der Waals surface area (Å²) in [6.07, 6.45) is 11.7. The summed E-state index contributed by atoms with van der Waals surface area (Å²) in [5, 5.41) is 3.28. The third kappa shape index (κ3) is 3.37. The monoisotopic (exact) mass is 257 g/mol. The van der Waals surface area contributed by atoms with Gasteiger partial charge in [-0.05, 0) is 25.7 Å². The van der Waals surface area contributed by atoms with Gasteiger partial charge in [0.25, 0.3) is 0 Å². The van der Waals surface area contributed by atoms with E-state index in [2.05, 4.69) is 5.32 Å². The summed E-state index contributed by atoms with van der Waals surface area (Å²) in [4.78, 5) is 12.3. The van der Waals surface area contributed by atoms with Gasteiger partial charge in [0, 0.05) is 11.8 Å². The predicted octanol–water partition coefficient (Wildman–Crippen LogP) is 3.62. The van der Waals surface area contributed by atoms with Gasteiger partial charge in [-0.2, -0.15) is 0 Å². The van der Waals surface area contributed by atoms with Crippen LogP contribution in [0.25, 0.3) is 0 Å². The minimum atomic E-state index is -0.0890. The van der Waals surface area contributed by atoms with Crippen LogP contribution >= 0.6 is 11.6 Å². The van der Waals surface area contributed by atoms with Crippen LogP contribution in [0.3, 0.4) is 0 Å². The van der Waals surface area contributed by atoms with Crippen molar-refractivity contribution in [2.24, 2.45) is 5.92 Å². The topological polar surface area (TPSA) is 29.1 Å². The number of alkyl halides is 1. The van der Waals surface area contributed by atoms with Crippen LogP contribution in [0.5, 0.6) is 0 Å². The average Bonchev–Trinajstić information content (AvgIpc) is 2.41. The van der Waals surface area contributed by atoms with E-state index in [1.165, 1.54) is 38.5 Å². The maximum Gasteiger partial charge on any atom is 0.223 e. The van der Waals surface area contributed by atoms with Crippen LogP contribution in [-0.2, 0) is 4.79 Å². The minimum absolute atomic E-state index is 0.0890. The van der Waals surface area contributed by atoms with Crippen molar-refractivity contribution in [3.05, 3.63) is 0 Å². The van der Waals surface area contributed by atoms with Gasteiger partial charge in [-0.1, -0.05) is 38.5 Å². The van der Waals surface area contributed by atoms with E-state index in [0.29, 0.717) is 5.88 Å². The van der Waals surface area contributed by atoms with Gasteiger partial charge in [0.15, 0.2) is 0 Å². The predicted molar refractivity (Wildman–Crippen MR) is 71.3 cm³/mol. The number of amides is 1. The number of nitrogens with one attached hydrogen (secondary N) is 1. The lowest BCUT2D eigenvalue weighted by atomic mass is 9.81. The molecule has 0 aromatic rings. The number of hydrogen-bond acceptors (Lipinski definition) is 1. The lowest BCUT2D eigenvalue weighted by molar-refractivity contribution is -0.128. The van der Waals surface area contributed by atoms with E-state index in [1.54, 1.807) is 0 Å². The summed E-state index contributed by atoms with van der Waals surface area (Å²) < 4.78 is 0. The van der Waals surface area contributed by atoms with Crippen LogP contribution in [0.4, 0.5) is 0 Å². The molecule has 0 radical (unpaired) electrons. The Morgan fingerprint density at radius 3 is 2.24 bits per heavy atom. The molecule has 2 aliphatic rings. The van der Waals surface area contributed by atoms with Gasteiger partial charge in [-0.3, -0.25) is 4.79 Å². The van der Waals surface area contributed by atoms with Crippen LogP contribution < -0.4 is 5.32 Å². The number of carbonyl (C=O) groups is 1. The van der Waals surface area contributed by atoms with Crippen molar-refractivity contribution in [3.8, 4) is 0 Å². The standard InChI is InChI=1S/C14H24ClNO/c15-11-14(9-5-2-6-10-14)16-13(17)12-7-3-1-4-8-12/h12H,1-11H2,(H,16,17). The summed E-state index contributed by atoms with van der Waals surface area (Å²) in [5.41, 5.74) is -0.0890. The molecule has 2 aliphatic carbocycles. The van der Waals surface area contributed by atoms with E-state index in [1.807, 2.05) is 0 Å². The van der Waals surface area contributed by atoms with Crippen molar-refractivity contribution in [2.45, 2.75) is 69.7 Å². The van der Waals surface area contributed by atoms with Crippen molar-refractivity contribution in [1.82, 2.24) is 5.32 Å². The van der Waals surface area contributed by atoms with Gasteiger partial charge in [0.2, 0.25) is 5.91 Å². The van der Waals surface area contributed by atoms with Crippen LogP contribution in [0.2, 0.25) is 0 Å². The number of halogens is 1. The Morgan fingerprint density at radius 2 is 1.65 bits per heavy atom. The molecule has 3 heteroatoms. The van der Waals surface area contributed by atoms with Crippen LogP contribution in [0, 0.1) is 5.92 Å². The van der Waals surface area contributed by atoms with Gasteiger partial charge < -0.3 is 5.32 Å². The zero-order valence-electron chi connectivity index (χ0n) is 10.6. The first-order valence-corrected chi connectivity index (χ1v) is 7.67. The first kappa shape index (κ1) is 13.2. The lowest BCUT2D eigenvalue weighted by Gasteiger charge is -2.38. The molecule has 17 heavy (non-hydrogen) atoms. The van der Waals surface area contributed by atoms with E-state index in [4.69, 9.17) is 11.6 Å². The van der Waals surface area contributed by atoms with E-state index < -0.39 is 0 Å². The molecule has 1 amide bonds. The molecule has 0 heterocycles. The van der Waals surface area contributed by atoms with Crippen LogP contribution in [-0.4, -0.2) is 17.3 Å². The highest BCUT2D eigenvalue weighted by Crippen LogP contribution is 2.31. The fraction of sp³-hybridized carbons (Fsp3) is 0.929. The maximum atomic E-state index is 12.3. The highest BCUT2D eigenvalue weighted by Gasteiger charge is 2.34. The van der Waals surface area contributed by atoms with Crippen molar-refractivity contribution in [1.29, 1.82) is 0 Å². The SMILES string of the molecule is O=C(NC1(CCl)CCCCC1)C1CCCCC1. The highest BCUT2D eigenvalue weighted by molar-refractivity contribution is 6.18. The molecule has 2 nitrogen and oxygen atoms in total. The van der Waals surface area contributed by atoms with Crippen LogP contribution in [0.15, 0.2) is 0 Å². The molecule has 0 bridgehead atoms. The molecule has 0 saturated heterocycles. The third-order valence-electron chi connectivity index (χ3n) is 4.43. The normalized spacial score (nSPS) is 25.5. The molecule has 2 rings (SSSR count). The second-order valence-corrected chi connectivity index (χ2v) is 6.07. The van der Waals surface area contributed by atoms with Crippen molar-refractivity contribution in [2.75, 3.05) is 5.88 Å². The van der Waals surface area contributed by atoms with E-state index >= 15 is 0 Å². The summed E-state index contributed by atoms with van der Waals surface area (Å²) in [6, 6.07) is 0. The lowest BCUT2D eigenvalue weighted by Crippen LogP contribution is -2.53. The maximum absolute atomic E-state index is 12.3. The molecule has 0 aliphatic heterocycles. The van der Waals surface area contributed by atoms with E-state index in [-0.39, 0.29) is 17.4 Å². The molecule has 0 spiro atoms. The smallest absolute Gasteiger partial charge is 0.223 e. The fourth-order valence-corrected chi connectivity index (χ4v) is 3.58. The molecular weight excluding hydrogens is 234 g/mol. The largest absolute Gasteiger partial charge is 0.349 e. The zero-order chi connectivity index (χ0) is 12.1. The Balaban J connectivity index is 1.90.